The van der Waals surface area contributed by atoms with E-state index in [0.717, 1.165) is 18.2 Å². The highest BCUT2D eigenvalue weighted by Crippen LogP contribution is 2.29. The second-order valence-electron chi connectivity index (χ2n) is 3.87. The lowest BCUT2D eigenvalue weighted by Crippen LogP contribution is -2.16. The highest BCUT2D eigenvalue weighted by Gasteiger charge is 2.25. The van der Waals surface area contributed by atoms with E-state index in [0.29, 0.717) is 0 Å². The van der Waals surface area contributed by atoms with Crippen molar-refractivity contribution in [2.75, 3.05) is 0 Å². The zero-order chi connectivity index (χ0) is 14.7. The van der Waals surface area contributed by atoms with E-state index in [2.05, 4.69) is 0 Å². The van der Waals surface area contributed by atoms with Crippen LogP contribution in [0.5, 0.6) is 0 Å². The predicted octanol–water partition coefficient (Wildman–Crippen LogP) is 2.55. The molecule has 7 heteroatoms. The molecule has 1 rings (SSSR count). The Kier molecular flexibility index (Phi) is 4.97. The highest BCUT2D eigenvalue weighted by atomic mass is 35.5. The standard InChI is InChI=1S/C12H11ClF2O4/c1-5(13)9(16)6-2-3-7(11(14)15)8(4-6)10(17)12(18)19/h2-5,10-11,17H,1H3,(H,18,19). The van der Waals surface area contributed by atoms with E-state index in [4.69, 9.17) is 16.7 Å². The van der Waals surface area contributed by atoms with Gasteiger partial charge in [-0.05, 0) is 13.0 Å². The maximum atomic E-state index is 12.7. The van der Waals surface area contributed by atoms with Gasteiger partial charge in [0.05, 0.1) is 5.38 Å². The first kappa shape index (κ1) is 15.5. The Morgan fingerprint density at radius 3 is 2.26 bits per heavy atom. The quantitative estimate of drug-likeness (QED) is 0.646. The van der Waals surface area contributed by atoms with E-state index >= 15 is 0 Å². The molecule has 2 atom stereocenters. The van der Waals surface area contributed by atoms with E-state index in [1.807, 2.05) is 0 Å². The summed E-state index contributed by atoms with van der Waals surface area (Å²) in [5.41, 5.74) is -1.17. The molecule has 0 aliphatic carbocycles. The Labute approximate surface area is 112 Å². The van der Waals surface area contributed by atoms with Gasteiger partial charge in [0.25, 0.3) is 6.43 Å². The molecule has 19 heavy (non-hydrogen) atoms. The van der Waals surface area contributed by atoms with Gasteiger partial charge in [0.15, 0.2) is 11.9 Å². The van der Waals surface area contributed by atoms with Crippen LogP contribution in [-0.2, 0) is 4.79 Å². The first-order valence-corrected chi connectivity index (χ1v) is 5.70. The van der Waals surface area contributed by atoms with Crippen LogP contribution in [0, 0.1) is 0 Å². The van der Waals surface area contributed by atoms with Crippen LogP contribution in [0.2, 0.25) is 0 Å². The summed E-state index contributed by atoms with van der Waals surface area (Å²) in [6.45, 7) is 1.40. The molecule has 1 aromatic rings. The Balaban J connectivity index is 3.34. The molecule has 0 heterocycles. The van der Waals surface area contributed by atoms with E-state index in [1.54, 1.807) is 0 Å². The molecule has 0 radical (unpaired) electrons. The summed E-state index contributed by atoms with van der Waals surface area (Å²) < 4.78 is 25.5. The Morgan fingerprint density at radius 2 is 1.84 bits per heavy atom. The molecule has 0 spiro atoms. The van der Waals surface area contributed by atoms with Crippen LogP contribution in [0.15, 0.2) is 18.2 Å². The van der Waals surface area contributed by atoms with Crippen molar-refractivity contribution in [1.29, 1.82) is 0 Å². The third-order valence-electron chi connectivity index (χ3n) is 2.50. The molecule has 0 aromatic heterocycles. The number of aliphatic carboxylic acids is 1. The number of carbonyl (C=O) groups is 2. The van der Waals surface area contributed by atoms with Gasteiger partial charge in [-0.1, -0.05) is 12.1 Å². The molecule has 1 aromatic carbocycles. The molecule has 0 saturated heterocycles. The first-order chi connectivity index (χ1) is 8.75. The van der Waals surface area contributed by atoms with Crippen LogP contribution < -0.4 is 0 Å². The van der Waals surface area contributed by atoms with Gasteiger partial charge < -0.3 is 10.2 Å². The lowest BCUT2D eigenvalue weighted by Gasteiger charge is -2.14. The maximum Gasteiger partial charge on any atom is 0.337 e. The van der Waals surface area contributed by atoms with Crippen LogP contribution in [0.25, 0.3) is 0 Å². The number of aliphatic hydroxyl groups excluding tert-OH is 1. The average molecular weight is 293 g/mol. The van der Waals surface area contributed by atoms with Gasteiger partial charge >= 0.3 is 5.97 Å². The number of hydrogen-bond donors (Lipinski definition) is 2. The fourth-order valence-electron chi connectivity index (χ4n) is 1.53. The van der Waals surface area contributed by atoms with Gasteiger partial charge in [-0.15, -0.1) is 11.6 Å². The van der Waals surface area contributed by atoms with Crippen LogP contribution in [0.3, 0.4) is 0 Å². The van der Waals surface area contributed by atoms with Crippen molar-refractivity contribution in [3.8, 4) is 0 Å². The second-order valence-corrected chi connectivity index (χ2v) is 4.52. The number of ketones is 1. The second kappa shape index (κ2) is 6.08. The normalized spacial score (nSPS) is 14.2. The molecule has 0 aliphatic heterocycles. The minimum Gasteiger partial charge on any atom is -0.479 e. The number of benzene rings is 1. The SMILES string of the molecule is CC(Cl)C(=O)c1ccc(C(F)F)c(C(O)C(=O)O)c1. The maximum absolute atomic E-state index is 12.7. The van der Waals surface area contributed by atoms with Crippen molar-refractivity contribution >= 4 is 23.4 Å². The van der Waals surface area contributed by atoms with Crippen molar-refractivity contribution in [3.63, 3.8) is 0 Å². The number of carboxylic acid groups (broad SMARTS) is 1. The smallest absolute Gasteiger partial charge is 0.337 e. The predicted molar refractivity (Wildman–Crippen MR) is 63.6 cm³/mol. The number of aliphatic hydroxyl groups is 1. The van der Waals surface area contributed by atoms with Gasteiger partial charge in [0.2, 0.25) is 0 Å². The molecule has 104 valence electrons. The van der Waals surface area contributed by atoms with E-state index in [1.165, 1.54) is 6.92 Å². The summed E-state index contributed by atoms with van der Waals surface area (Å²) in [5.74, 6) is -2.22. The van der Waals surface area contributed by atoms with E-state index in [-0.39, 0.29) is 5.56 Å². The number of alkyl halides is 3. The zero-order valence-electron chi connectivity index (χ0n) is 9.81. The summed E-state index contributed by atoms with van der Waals surface area (Å²) in [5, 5.41) is 17.2. The molecule has 0 saturated carbocycles. The van der Waals surface area contributed by atoms with Crippen molar-refractivity contribution in [1.82, 2.24) is 0 Å². The number of carbonyl (C=O) groups excluding carboxylic acids is 1. The molecule has 0 aliphatic rings. The molecular weight excluding hydrogens is 282 g/mol. The number of hydrogen-bond acceptors (Lipinski definition) is 3. The summed E-state index contributed by atoms with van der Waals surface area (Å²) >= 11 is 5.58. The Hall–Kier alpha value is -1.53. The Morgan fingerprint density at radius 1 is 1.26 bits per heavy atom. The third kappa shape index (κ3) is 3.48. The topological polar surface area (TPSA) is 74.6 Å². The van der Waals surface area contributed by atoms with Gasteiger partial charge in [0, 0.05) is 16.7 Å². The number of Topliss-reactive ketones (excluding diaryl/α,β-unsaturated/α-hetero) is 1. The third-order valence-corrected chi connectivity index (χ3v) is 2.69. The minimum atomic E-state index is -2.96. The average Bonchev–Trinajstić information content (AvgIpc) is 2.35. The summed E-state index contributed by atoms with van der Waals surface area (Å²) in [7, 11) is 0. The molecule has 2 unspecified atom stereocenters. The first-order valence-electron chi connectivity index (χ1n) is 5.26. The molecule has 4 nitrogen and oxygen atoms in total. The molecular formula is C12H11ClF2O4. The lowest BCUT2D eigenvalue weighted by molar-refractivity contribution is -0.147. The summed E-state index contributed by atoms with van der Waals surface area (Å²) in [6.07, 6.45) is -5.08. The van der Waals surface area contributed by atoms with Gasteiger partial charge in [-0.2, -0.15) is 0 Å². The monoisotopic (exact) mass is 292 g/mol. The van der Waals surface area contributed by atoms with Crippen LogP contribution in [0.1, 0.15) is 40.9 Å². The van der Waals surface area contributed by atoms with Crippen molar-refractivity contribution in [3.05, 3.63) is 34.9 Å². The molecule has 2 N–H and O–H groups in total. The van der Waals surface area contributed by atoms with Crippen LogP contribution >= 0.6 is 11.6 Å². The lowest BCUT2D eigenvalue weighted by atomic mass is 9.97. The van der Waals surface area contributed by atoms with Crippen molar-refractivity contribution in [2.24, 2.45) is 0 Å². The molecule has 0 bridgehead atoms. The van der Waals surface area contributed by atoms with Gasteiger partial charge in [0.1, 0.15) is 0 Å². The molecule has 0 amide bonds. The number of halogens is 3. The van der Waals surface area contributed by atoms with Crippen LogP contribution in [-0.4, -0.2) is 27.3 Å². The van der Waals surface area contributed by atoms with Crippen LogP contribution in [0.4, 0.5) is 8.78 Å². The fraction of sp³-hybridized carbons (Fsp3) is 0.333. The highest BCUT2D eigenvalue weighted by molar-refractivity contribution is 6.33. The van der Waals surface area contributed by atoms with Crippen molar-refractivity contribution in [2.45, 2.75) is 24.8 Å². The zero-order valence-corrected chi connectivity index (χ0v) is 10.6. The number of carboxylic acids is 1. The van der Waals surface area contributed by atoms with E-state index in [9.17, 15) is 23.5 Å². The van der Waals surface area contributed by atoms with E-state index < -0.39 is 40.8 Å². The summed E-state index contributed by atoms with van der Waals surface area (Å²) in [6, 6.07) is 2.97. The van der Waals surface area contributed by atoms with Crippen molar-refractivity contribution < 1.29 is 28.6 Å². The number of rotatable bonds is 5. The van der Waals surface area contributed by atoms with Gasteiger partial charge in [-0.25, -0.2) is 13.6 Å². The summed E-state index contributed by atoms with van der Waals surface area (Å²) in [4.78, 5) is 22.3. The van der Waals surface area contributed by atoms with Gasteiger partial charge in [-0.3, -0.25) is 4.79 Å². The minimum absolute atomic E-state index is 0.0257. The molecule has 0 fully saturated rings. The Bertz CT molecular complexity index is 503. The fourth-order valence-corrected chi connectivity index (χ4v) is 1.65. The largest absolute Gasteiger partial charge is 0.479 e.